The number of rotatable bonds is 8. The van der Waals surface area contributed by atoms with E-state index in [0.29, 0.717) is 0 Å². The van der Waals surface area contributed by atoms with Gasteiger partial charge in [0.1, 0.15) is 23.0 Å². The Hall–Kier alpha value is -2.78. The third kappa shape index (κ3) is 6.86. The molecule has 174 valence electrons. The normalized spacial score (nSPS) is 12.6. The molecular formula is C26H36O5P+. The summed E-state index contributed by atoms with van der Waals surface area (Å²) in [6, 6.07) is 11.6. The second-order valence-electron chi connectivity index (χ2n) is 8.15. The molecule has 0 aliphatic heterocycles. The van der Waals surface area contributed by atoms with Crippen LogP contribution in [0.2, 0.25) is 0 Å². The first-order valence-corrected chi connectivity index (χ1v) is 10.8. The van der Waals surface area contributed by atoms with Gasteiger partial charge in [0.25, 0.3) is 0 Å². The summed E-state index contributed by atoms with van der Waals surface area (Å²) in [7, 11) is 7.87. The van der Waals surface area contributed by atoms with E-state index >= 15 is 0 Å². The van der Waals surface area contributed by atoms with Crippen LogP contribution in [0.5, 0.6) is 23.0 Å². The Labute approximate surface area is 194 Å². The molecule has 2 aromatic carbocycles. The molecule has 0 N–H and O–H groups in total. The third-order valence-electron chi connectivity index (χ3n) is 5.14. The van der Waals surface area contributed by atoms with Crippen LogP contribution < -0.4 is 18.9 Å². The van der Waals surface area contributed by atoms with Gasteiger partial charge in [0.05, 0.1) is 39.6 Å². The predicted octanol–water partition coefficient (Wildman–Crippen LogP) is 6.71. The predicted molar refractivity (Wildman–Crippen MR) is 135 cm³/mol. The first-order chi connectivity index (χ1) is 15.3. The molecule has 0 spiro atoms. The summed E-state index contributed by atoms with van der Waals surface area (Å²) in [5.41, 5.74) is 3.08. The van der Waals surface area contributed by atoms with Crippen molar-refractivity contribution in [2.24, 2.45) is 11.3 Å². The Morgan fingerprint density at radius 1 is 0.781 bits per heavy atom. The molecule has 0 fully saturated rings. The summed E-state index contributed by atoms with van der Waals surface area (Å²) in [5, 5.41) is 0. The lowest BCUT2D eigenvalue weighted by Gasteiger charge is -2.28. The fourth-order valence-electron chi connectivity index (χ4n) is 3.60. The number of hydrogen-bond acceptors (Lipinski definition) is 5. The van der Waals surface area contributed by atoms with Gasteiger partial charge < -0.3 is 18.9 Å². The van der Waals surface area contributed by atoms with Crippen molar-refractivity contribution in [3.05, 3.63) is 59.2 Å². The molecule has 2 rings (SSSR count). The minimum absolute atomic E-state index is 0.0551. The van der Waals surface area contributed by atoms with Gasteiger partial charge in [-0.15, -0.1) is 0 Å². The van der Waals surface area contributed by atoms with E-state index in [1.807, 2.05) is 36.4 Å². The van der Waals surface area contributed by atoms with Crippen molar-refractivity contribution in [2.45, 2.75) is 27.7 Å². The van der Waals surface area contributed by atoms with Gasteiger partial charge in [-0.25, -0.2) is 0 Å². The first-order valence-electron chi connectivity index (χ1n) is 10.3. The monoisotopic (exact) mass is 459 g/mol. The van der Waals surface area contributed by atoms with E-state index < -0.39 is 0 Å². The second-order valence-corrected chi connectivity index (χ2v) is 8.15. The van der Waals surface area contributed by atoms with Crippen molar-refractivity contribution in [1.82, 2.24) is 0 Å². The van der Waals surface area contributed by atoms with Crippen LogP contribution >= 0.6 is 9.12 Å². The summed E-state index contributed by atoms with van der Waals surface area (Å²) in [4.78, 5) is 0. The molecule has 0 aliphatic rings. The van der Waals surface area contributed by atoms with Crippen LogP contribution in [-0.4, -0.2) is 28.4 Å². The number of hydrogen-bond donors (Lipinski definition) is 0. The smallest absolute Gasteiger partial charge is 0.310 e. The van der Waals surface area contributed by atoms with E-state index in [2.05, 4.69) is 45.9 Å². The first kappa shape index (κ1) is 27.3. The molecule has 2 unspecified atom stereocenters. The highest BCUT2D eigenvalue weighted by molar-refractivity contribution is 7.00. The van der Waals surface area contributed by atoms with Gasteiger partial charge in [0, 0.05) is 0 Å². The molecule has 2 aromatic rings. The lowest BCUT2D eigenvalue weighted by molar-refractivity contribution is 0.392. The maximum absolute atomic E-state index is 8.17. The maximum atomic E-state index is 8.17. The van der Waals surface area contributed by atoms with Gasteiger partial charge >= 0.3 is 9.12 Å². The Morgan fingerprint density at radius 2 is 1.16 bits per heavy atom. The SMILES string of the molecule is COc1cccc(OC)c1C=CC(C)C(=Cc1c(OC)cccc1OC)C(C)(C)C.O=[PH2+]. The van der Waals surface area contributed by atoms with Gasteiger partial charge in [-0.05, 0) is 41.7 Å². The zero-order valence-electron chi connectivity index (χ0n) is 20.4. The number of methoxy groups -OCH3 is 4. The Morgan fingerprint density at radius 3 is 1.50 bits per heavy atom. The summed E-state index contributed by atoms with van der Waals surface area (Å²) < 4.78 is 30.4. The minimum atomic E-state index is -0.0551. The highest BCUT2D eigenvalue weighted by Crippen LogP contribution is 2.39. The topological polar surface area (TPSA) is 54.0 Å². The number of ether oxygens (including phenoxy) is 4. The molecule has 0 saturated heterocycles. The van der Waals surface area contributed by atoms with E-state index in [1.54, 1.807) is 28.4 Å². The average molecular weight is 460 g/mol. The van der Waals surface area contributed by atoms with Crippen LogP contribution in [-0.2, 0) is 4.57 Å². The molecule has 6 heteroatoms. The number of allylic oxidation sites excluding steroid dienone is 2. The fourth-order valence-corrected chi connectivity index (χ4v) is 3.60. The minimum Gasteiger partial charge on any atom is -0.496 e. The van der Waals surface area contributed by atoms with Crippen LogP contribution in [0.1, 0.15) is 38.8 Å². The molecule has 0 saturated carbocycles. The number of benzene rings is 2. The fraction of sp³-hybridized carbons (Fsp3) is 0.385. The molecule has 0 amide bonds. The molecule has 0 radical (unpaired) electrons. The summed E-state index contributed by atoms with van der Waals surface area (Å²) >= 11 is 0. The molecule has 32 heavy (non-hydrogen) atoms. The van der Waals surface area contributed by atoms with Crippen molar-refractivity contribution in [3.63, 3.8) is 0 Å². The molecule has 0 heterocycles. The zero-order valence-corrected chi connectivity index (χ0v) is 21.5. The van der Waals surface area contributed by atoms with Crippen molar-refractivity contribution in [1.29, 1.82) is 0 Å². The van der Waals surface area contributed by atoms with E-state index in [1.165, 1.54) is 14.7 Å². The van der Waals surface area contributed by atoms with Gasteiger partial charge in [-0.2, -0.15) is 0 Å². The summed E-state index contributed by atoms with van der Waals surface area (Å²) in [5.74, 6) is 3.31. The average Bonchev–Trinajstić information content (AvgIpc) is 2.80. The van der Waals surface area contributed by atoms with Crippen molar-refractivity contribution in [3.8, 4) is 23.0 Å². The lowest BCUT2D eigenvalue weighted by Crippen LogP contribution is -2.15. The zero-order chi connectivity index (χ0) is 24.3. The van der Waals surface area contributed by atoms with E-state index in [0.717, 1.165) is 34.1 Å². The second kappa shape index (κ2) is 12.9. The Bertz CT molecular complexity index is 884. The summed E-state index contributed by atoms with van der Waals surface area (Å²) in [6.45, 7) is 8.84. The van der Waals surface area contributed by atoms with E-state index in [-0.39, 0.29) is 11.3 Å². The van der Waals surface area contributed by atoms with Crippen molar-refractivity contribution in [2.75, 3.05) is 28.4 Å². The highest BCUT2D eigenvalue weighted by Gasteiger charge is 2.23. The van der Waals surface area contributed by atoms with Gasteiger partial charge in [0.15, 0.2) is 0 Å². The molecule has 0 bridgehead atoms. The molecule has 0 aromatic heterocycles. The van der Waals surface area contributed by atoms with Gasteiger partial charge in [-0.1, -0.05) is 62.1 Å². The van der Waals surface area contributed by atoms with E-state index in [9.17, 15) is 0 Å². The van der Waals surface area contributed by atoms with Crippen LogP contribution in [0.15, 0.2) is 48.0 Å². The van der Waals surface area contributed by atoms with E-state index in [4.69, 9.17) is 23.5 Å². The molecular weight excluding hydrogens is 423 g/mol. The quantitative estimate of drug-likeness (QED) is 0.411. The van der Waals surface area contributed by atoms with Crippen LogP contribution in [0.4, 0.5) is 0 Å². The van der Waals surface area contributed by atoms with Crippen molar-refractivity contribution >= 4 is 21.3 Å². The molecule has 0 aliphatic carbocycles. The standard InChI is InChI=1S/C26H34O4.H2OP/c1-18(15-16-19-22(27-5)11-9-12-23(19)28-6)21(26(2,3)4)17-20-24(29-7)13-10-14-25(20)30-8;1-2/h9-18H,1-8H3;2H2/q;+1. The van der Waals surface area contributed by atoms with Crippen LogP contribution in [0.25, 0.3) is 12.2 Å². The third-order valence-corrected chi connectivity index (χ3v) is 5.14. The maximum Gasteiger partial charge on any atom is 0.310 e. The highest BCUT2D eigenvalue weighted by atomic mass is 31.0. The van der Waals surface area contributed by atoms with Crippen LogP contribution in [0.3, 0.4) is 0 Å². The largest absolute Gasteiger partial charge is 0.496 e. The Balaban J connectivity index is 0.00000249. The molecule has 5 nitrogen and oxygen atoms in total. The summed E-state index contributed by atoms with van der Waals surface area (Å²) in [6.07, 6.45) is 6.44. The van der Waals surface area contributed by atoms with Crippen molar-refractivity contribution < 1.29 is 23.5 Å². The van der Waals surface area contributed by atoms with Crippen LogP contribution in [0, 0.1) is 11.3 Å². The molecule has 2 atom stereocenters. The Kier molecular flexibility index (Phi) is 11.0. The lowest BCUT2D eigenvalue weighted by atomic mass is 9.78. The van der Waals surface area contributed by atoms with Gasteiger partial charge in [-0.3, -0.25) is 0 Å². The van der Waals surface area contributed by atoms with Gasteiger partial charge in [0.2, 0.25) is 0 Å².